The van der Waals surface area contributed by atoms with Crippen LogP contribution in [0.3, 0.4) is 0 Å². The fourth-order valence-corrected chi connectivity index (χ4v) is 1.87. The van der Waals surface area contributed by atoms with Crippen LogP contribution in [0.25, 0.3) is 11.4 Å². The molecule has 2 aromatic rings. The number of nitrogens with zero attached hydrogens (tertiary/aromatic N) is 1. The number of aromatic amines is 1. The fourth-order valence-electron chi connectivity index (χ4n) is 1.40. The molecule has 0 spiro atoms. The molecule has 0 fully saturated rings. The fraction of sp³-hybridized carbons (Fsp3) is 0.182. The van der Waals surface area contributed by atoms with Crippen LogP contribution in [0, 0.1) is 0 Å². The van der Waals surface area contributed by atoms with E-state index in [9.17, 15) is 0 Å². The van der Waals surface area contributed by atoms with Crippen LogP contribution >= 0.6 is 15.9 Å². The van der Waals surface area contributed by atoms with Gasteiger partial charge in [0.2, 0.25) is 0 Å². The van der Waals surface area contributed by atoms with Gasteiger partial charge in [0, 0.05) is 35.0 Å². The first-order valence-electron chi connectivity index (χ1n) is 4.71. The Hall–Kier alpha value is -1.13. The number of rotatable bonds is 3. The van der Waals surface area contributed by atoms with Crippen LogP contribution in [0.5, 0.6) is 0 Å². The van der Waals surface area contributed by atoms with Gasteiger partial charge >= 0.3 is 0 Å². The Morgan fingerprint density at radius 3 is 2.87 bits per heavy atom. The topological polar surface area (TPSA) is 48.9 Å². The van der Waals surface area contributed by atoms with Crippen molar-refractivity contribution in [2.75, 3.05) is 6.61 Å². The number of aromatic nitrogens is 2. The third-order valence-electron chi connectivity index (χ3n) is 2.14. The van der Waals surface area contributed by atoms with Gasteiger partial charge in [-0.3, -0.25) is 0 Å². The van der Waals surface area contributed by atoms with Crippen LogP contribution in [0.4, 0.5) is 0 Å². The van der Waals surface area contributed by atoms with Gasteiger partial charge in [0.15, 0.2) is 0 Å². The van der Waals surface area contributed by atoms with Gasteiger partial charge in [0.1, 0.15) is 5.82 Å². The molecule has 0 saturated heterocycles. The van der Waals surface area contributed by atoms with E-state index >= 15 is 0 Å². The normalized spacial score (nSPS) is 10.5. The highest BCUT2D eigenvalue weighted by molar-refractivity contribution is 9.10. The summed E-state index contributed by atoms with van der Waals surface area (Å²) in [4.78, 5) is 7.44. The highest BCUT2D eigenvalue weighted by atomic mass is 79.9. The number of aliphatic hydroxyl groups is 1. The van der Waals surface area contributed by atoms with Crippen molar-refractivity contribution in [2.45, 2.75) is 6.42 Å². The molecule has 2 N–H and O–H groups in total. The predicted molar refractivity (Wildman–Crippen MR) is 62.5 cm³/mol. The second-order valence-electron chi connectivity index (χ2n) is 3.21. The molecule has 1 aromatic carbocycles. The Morgan fingerprint density at radius 1 is 1.33 bits per heavy atom. The number of hydrogen-bond acceptors (Lipinski definition) is 2. The Labute approximate surface area is 96.3 Å². The Kier molecular flexibility index (Phi) is 3.18. The highest BCUT2D eigenvalue weighted by Crippen LogP contribution is 2.25. The maximum absolute atomic E-state index is 8.80. The average molecular weight is 267 g/mol. The maximum atomic E-state index is 8.80. The second kappa shape index (κ2) is 4.59. The van der Waals surface area contributed by atoms with Crippen molar-refractivity contribution in [3.05, 3.63) is 40.6 Å². The number of halogens is 1. The Balaban J connectivity index is 2.33. The number of hydrogen-bond donors (Lipinski definition) is 2. The zero-order valence-corrected chi connectivity index (χ0v) is 9.66. The summed E-state index contributed by atoms with van der Waals surface area (Å²) in [6.07, 6.45) is 2.36. The summed E-state index contributed by atoms with van der Waals surface area (Å²) >= 11 is 3.47. The van der Waals surface area contributed by atoms with Gasteiger partial charge in [-0.25, -0.2) is 4.98 Å². The van der Waals surface area contributed by atoms with Crippen molar-refractivity contribution >= 4 is 15.9 Å². The first-order valence-corrected chi connectivity index (χ1v) is 5.50. The molecule has 1 aromatic heterocycles. The van der Waals surface area contributed by atoms with Gasteiger partial charge in [0.25, 0.3) is 0 Å². The smallest absolute Gasteiger partial charge is 0.138 e. The molecule has 0 aliphatic carbocycles. The van der Waals surface area contributed by atoms with Crippen molar-refractivity contribution in [2.24, 2.45) is 0 Å². The van der Waals surface area contributed by atoms with Crippen LogP contribution in [0.1, 0.15) is 5.69 Å². The molecular formula is C11H11BrN2O. The number of benzene rings is 1. The summed E-state index contributed by atoms with van der Waals surface area (Å²) in [5.74, 6) is 0.825. The Morgan fingerprint density at radius 2 is 2.13 bits per heavy atom. The van der Waals surface area contributed by atoms with Gasteiger partial charge < -0.3 is 10.1 Å². The number of aliphatic hydroxyl groups excluding tert-OH is 1. The predicted octanol–water partition coefficient (Wildman–Crippen LogP) is 2.37. The summed E-state index contributed by atoms with van der Waals surface area (Å²) in [5.41, 5.74) is 1.98. The second-order valence-corrected chi connectivity index (χ2v) is 4.06. The van der Waals surface area contributed by atoms with Crippen LogP contribution in [-0.2, 0) is 6.42 Å². The van der Waals surface area contributed by atoms with E-state index in [1.165, 1.54) is 0 Å². The maximum Gasteiger partial charge on any atom is 0.138 e. The third kappa shape index (κ3) is 2.27. The number of imidazole rings is 1. The molecular weight excluding hydrogens is 256 g/mol. The van der Waals surface area contributed by atoms with E-state index in [4.69, 9.17) is 5.11 Å². The van der Waals surface area contributed by atoms with Gasteiger partial charge in [-0.1, -0.05) is 34.1 Å². The van der Waals surface area contributed by atoms with E-state index in [0.29, 0.717) is 6.42 Å². The van der Waals surface area contributed by atoms with Crippen LogP contribution in [0.2, 0.25) is 0 Å². The standard InChI is InChI=1S/C11H11BrN2O/c12-10-4-2-1-3-9(10)11-13-7-8(14-11)5-6-15/h1-4,7,15H,5-6H2,(H,13,14). The highest BCUT2D eigenvalue weighted by Gasteiger charge is 2.05. The van der Waals surface area contributed by atoms with Gasteiger partial charge in [-0.15, -0.1) is 0 Å². The SMILES string of the molecule is OCCc1cnc(-c2ccccc2Br)[nH]1. The van der Waals surface area contributed by atoms with Gasteiger partial charge in [-0.05, 0) is 6.07 Å². The summed E-state index contributed by atoms with van der Waals surface area (Å²) in [5, 5.41) is 8.80. The monoisotopic (exact) mass is 266 g/mol. The number of nitrogens with one attached hydrogen (secondary N) is 1. The lowest BCUT2D eigenvalue weighted by Crippen LogP contribution is -1.90. The minimum atomic E-state index is 0.137. The van der Waals surface area contributed by atoms with Crippen molar-refractivity contribution in [3.8, 4) is 11.4 Å². The molecule has 0 amide bonds. The zero-order chi connectivity index (χ0) is 10.7. The van der Waals surface area contributed by atoms with Crippen molar-refractivity contribution < 1.29 is 5.11 Å². The van der Waals surface area contributed by atoms with Crippen LogP contribution in [-0.4, -0.2) is 21.7 Å². The van der Waals surface area contributed by atoms with E-state index in [2.05, 4.69) is 25.9 Å². The first kappa shape index (κ1) is 10.4. The lowest BCUT2D eigenvalue weighted by atomic mass is 10.2. The summed E-state index contributed by atoms with van der Waals surface area (Å²) in [7, 11) is 0. The van der Waals surface area contributed by atoms with Crippen molar-refractivity contribution in [1.82, 2.24) is 9.97 Å². The molecule has 0 aliphatic heterocycles. The molecule has 2 rings (SSSR count). The molecule has 0 atom stereocenters. The summed E-state index contributed by atoms with van der Waals surface area (Å²) < 4.78 is 1.01. The van der Waals surface area contributed by atoms with Crippen LogP contribution < -0.4 is 0 Å². The Bertz CT molecular complexity index is 453. The summed E-state index contributed by atoms with van der Waals surface area (Å²) in [6, 6.07) is 7.90. The largest absolute Gasteiger partial charge is 0.396 e. The minimum Gasteiger partial charge on any atom is -0.396 e. The first-order chi connectivity index (χ1) is 7.31. The summed E-state index contributed by atoms with van der Waals surface area (Å²) in [6.45, 7) is 0.137. The molecule has 3 nitrogen and oxygen atoms in total. The van der Waals surface area contributed by atoms with E-state index < -0.39 is 0 Å². The van der Waals surface area contributed by atoms with E-state index in [-0.39, 0.29) is 6.61 Å². The molecule has 15 heavy (non-hydrogen) atoms. The lowest BCUT2D eigenvalue weighted by molar-refractivity contribution is 0.298. The number of H-pyrrole nitrogens is 1. The average Bonchev–Trinajstić information content (AvgIpc) is 2.68. The molecule has 0 bridgehead atoms. The van der Waals surface area contributed by atoms with E-state index in [1.807, 2.05) is 24.3 Å². The van der Waals surface area contributed by atoms with E-state index in [1.54, 1.807) is 6.20 Å². The van der Waals surface area contributed by atoms with Crippen molar-refractivity contribution in [1.29, 1.82) is 0 Å². The van der Waals surface area contributed by atoms with Gasteiger partial charge in [0.05, 0.1) is 0 Å². The van der Waals surface area contributed by atoms with Gasteiger partial charge in [-0.2, -0.15) is 0 Å². The molecule has 0 aliphatic rings. The lowest BCUT2D eigenvalue weighted by Gasteiger charge is -1.99. The molecule has 0 unspecified atom stereocenters. The quantitative estimate of drug-likeness (QED) is 0.896. The molecule has 1 heterocycles. The molecule has 0 radical (unpaired) electrons. The van der Waals surface area contributed by atoms with E-state index in [0.717, 1.165) is 21.6 Å². The third-order valence-corrected chi connectivity index (χ3v) is 2.83. The molecule has 0 saturated carbocycles. The van der Waals surface area contributed by atoms with Crippen LogP contribution in [0.15, 0.2) is 34.9 Å². The van der Waals surface area contributed by atoms with Crippen molar-refractivity contribution in [3.63, 3.8) is 0 Å². The zero-order valence-electron chi connectivity index (χ0n) is 8.07. The molecule has 78 valence electrons. The minimum absolute atomic E-state index is 0.137. The molecule has 4 heteroatoms.